The average Bonchev–Trinajstić information content (AvgIpc) is 3.34. The summed E-state index contributed by atoms with van der Waals surface area (Å²) in [5, 5.41) is 0.571. The van der Waals surface area contributed by atoms with Gasteiger partial charge in [-0.3, -0.25) is 9.69 Å². The van der Waals surface area contributed by atoms with E-state index in [1.807, 2.05) is 30.3 Å². The summed E-state index contributed by atoms with van der Waals surface area (Å²) in [6.45, 7) is 1.16. The number of amides is 1. The Balaban J connectivity index is 1.66. The number of rotatable bonds is 6. The zero-order valence-corrected chi connectivity index (χ0v) is 17.7. The minimum atomic E-state index is -3.30. The summed E-state index contributed by atoms with van der Waals surface area (Å²) in [7, 11) is -3.30. The number of nitrogens with zero attached hydrogens (tertiary/aromatic N) is 2. The first-order valence-corrected chi connectivity index (χ1v) is 12.2. The number of carbonyl (C=O) groups excluding carboxylic acids is 1. The summed E-state index contributed by atoms with van der Waals surface area (Å²) in [5.41, 5.74) is 1.62. The van der Waals surface area contributed by atoms with Crippen LogP contribution in [0.25, 0.3) is 10.2 Å². The van der Waals surface area contributed by atoms with Crippen LogP contribution in [0.4, 0.5) is 5.13 Å². The van der Waals surface area contributed by atoms with Gasteiger partial charge in [-0.05, 0) is 36.6 Å². The molecule has 0 bridgehead atoms. The number of hydrogen-bond donors (Lipinski definition) is 0. The minimum Gasteiger partial charge on any atom is -0.376 e. The summed E-state index contributed by atoms with van der Waals surface area (Å²) in [6.07, 6.45) is 3.36. The second kappa shape index (κ2) is 8.22. The predicted octanol–water partition coefficient (Wildman–Crippen LogP) is 3.45. The molecule has 0 radical (unpaired) electrons. The van der Waals surface area contributed by atoms with Crippen molar-refractivity contribution < 1.29 is 17.9 Å². The van der Waals surface area contributed by atoms with E-state index in [-0.39, 0.29) is 23.3 Å². The van der Waals surface area contributed by atoms with Crippen LogP contribution in [0.1, 0.15) is 18.4 Å². The van der Waals surface area contributed by atoms with Crippen LogP contribution in [0.2, 0.25) is 0 Å². The molecule has 4 rings (SSSR count). The Morgan fingerprint density at radius 3 is 2.72 bits per heavy atom. The van der Waals surface area contributed by atoms with Crippen molar-refractivity contribution in [2.24, 2.45) is 0 Å². The fourth-order valence-corrected chi connectivity index (χ4v) is 5.14. The van der Waals surface area contributed by atoms with E-state index in [2.05, 4.69) is 4.98 Å². The first kappa shape index (κ1) is 20.0. The van der Waals surface area contributed by atoms with E-state index in [4.69, 9.17) is 4.74 Å². The molecule has 0 saturated carbocycles. The molecular weight excluding hydrogens is 408 g/mol. The highest BCUT2D eigenvalue weighted by molar-refractivity contribution is 7.90. The molecule has 1 aliphatic heterocycles. The van der Waals surface area contributed by atoms with E-state index in [1.165, 1.54) is 17.6 Å². The molecule has 0 aliphatic carbocycles. The summed E-state index contributed by atoms with van der Waals surface area (Å²) >= 11 is 1.33. The molecule has 1 saturated heterocycles. The Morgan fingerprint density at radius 1 is 1.24 bits per heavy atom. The molecule has 6 nitrogen and oxygen atoms in total. The largest absolute Gasteiger partial charge is 0.376 e. The van der Waals surface area contributed by atoms with Gasteiger partial charge in [-0.1, -0.05) is 41.7 Å². The highest BCUT2D eigenvalue weighted by Gasteiger charge is 2.26. The van der Waals surface area contributed by atoms with Crippen LogP contribution in [0.15, 0.2) is 53.4 Å². The van der Waals surface area contributed by atoms with Crippen LogP contribution in [-0.2, 0) is 25.8 Å². The second-order valence-corrected chi connectivity index (χ2v) is 10.2. The summed E-state index contributed by atoms with van der Waals surface area (Å²) in [4.78, 5) is 19.7. The lowest BCUT2D eigenvalue weighted by Crippen LogP contribution is -2.38. The van der Waals surface area contributed by atoms with Gasteiger partial charge in [-0.2, -0.15) is 0 Å². The molecule has 1 atom stereocenters. The first-order valence-electron chi connectivity index (χ1n) is 9.47. The molecule has 29 heavy (non-hydrogen) atoms. The van der Waals surface area contributed by atoms with Crippen LogP contribution in [0.3, 0.4) is 0 Å². The van der Waals surface area contributed by atoms with Crippen molar-refractivity contribution in [2.45, 2.75) is 30.3 Å². The van der Waals surface area contributed by atoms with Gasteiger partial charge in [0, 0.05) is 12.9 Å². The van der Waals surface area contributed by atoms with Crippen molar-refractivity contribution in [1.29, 1.82) is 0 Å². The van der Waals surface area contributed by atoms with Gasteiger partial charge < -0.3 is 4.74 Å². The van der Waals surface area contributed by atoms with E-state index >= 15 is 0 Å². The fourth-order valence-electron chi connectivity index (χ4n) is 3.38. The third-order valence-electron chi connectivity index (χ3n) is 4.92. The summed E-state index contributed by atoms with van der Waals surface area (Å²) in [6, 6.07) is 14.5. The van der Waals surface area contributed by atoms with Crippen molar-refractivity contribution in [2.75, 3.05) is 24.3 Å². The monoisotopic (exact) mass is 430 g/mol. The number of anilines is 1. The molecule has 1 unspecified atom stereocenters. The zero-order chi connectivity index (χ0) is 20.4. The average molecular weight is 431 g/mol. The Kier molecular flexibility index (Phi) is 5.67. The van der Waals surface area contributed by atoms with Crippen molar-refractivity contribution in [1.82, 2.24) is 4.98 Å². The lowest BCUT2D eigenvalue weighted by Gasteiger charge is -2.23. The fraction of sp³-hybridized carbons (Fsp3) is 0.333. The van der Waals surface area contributed by atoms with Gasteiger partial charge in [0.1, 0.15) is 0 Å². The third-order valence-corrected chi connectivity index (χ3v) is 7.07. The number of thiazole rings is 1. The van der Waals surface area contributed by atoms with E-state index < -0.39 is 9.84 Å². The SMILES string of the molecule is CS(=O)(=O)c1ccc2nc(N(CC3CCCO3)C(=O)Cc3ccccc3)sc2c1. The molecule has 0 N–H and O–H groups in total. The number of ether oxygens (including phenoxy) is 1. The van der Waals surface area contributed by atoms with E-state index in [1.54, 1.807) is 23.1 Å². The Bertz CT molecular complexity index is 1120. The standard InChI is InChI=1S/C21H22N2O4S2/c1-29(25,26)17-9-10-18-19(13-17)28-21(22-18)23(14-16-8-5-11-27-16)20(24)12-15-6-3-2-4-7-15/h2-4,6-7,9-10,13,16H,5,8,11-12,14H2,1H3. The van der Waals surface area contributed by atoms with Crippen molar-refractivity contribution in [3.63, 3.8) is 0 Å². The van der Waals surface area contributed by atoms with Gasteiger partial charge in [-0.15, -0.1) is 0 Å². The molecule has 0 spiro atoms. The molecule has 8 heteroatoms. The Hall–Kier alpha value is -2.29. The van der Waals surface area contributed by atoms with Crippen LogP contribution < -0.4 is 4.90 Å². The molecule has 1 amide bonds. The van der Waals surface area contributed by atoms with Crippen LogP contribution in [-0.4, -0.2) is 44.8 Å². The number of benzene rings is 2. The highest BCUT2D eigenvalue weighted by atomic mass is 32.2. The molecule has 152 valence electrons. The van der Waals surface area contributed by atoms with E-state index in [9.17, 15) is 13.2 Å². The normalized spacial score (nSPS) is 16.9. The maximum Gasteiger partial charge on any atom is 0.233 e. The van der Waals surface area contributed by atoms with Gasteiger partial charge >= 0.3 is 0 Å². The minimum absolute atomic E-state index is 0.00619. The lowest BCUT2D eigenvalue weighted by atomic mass is 10.1. The maximum atomic E-state index is 13.1. The van der Waals surface area contributed by atoms with E-state index in [0.29, 0.717) is 23.8 Å². The second-order valence-electron chi connectivity index (χ2n) is 7.20. The Morgan fingerprint density at radius 2 is 2.03 bits per heavy atom. The molecule has 1 aliphatic rings. The molecule has 3 aromatic rings. The molecule has 1 fully saturated rings. The molecule has 1 aromatic heterocycles. The molecule has 2 heterocycles. The van der Waals surface area contributed by atoms with Gasteiger partial charge in [0.25, 0.3) is 0 Å². The van der Waals surface area contributed by atoms with Gasteiger partial charge in [0.05, 0.1) is 34.2 Å². The van der Waals surface area contributed by atoms with Crippen LogP contribution in [0.5, 0.6) is 0 Å². The van der Waals surface area contributed by atoms with Crippen molar-refractivity contribution in [3.8, 4) is 0 Å². The molecule has 2 aromatic carbocycles. The smallest absolute Gasteiger partial charge is 0.233 e. The van der Waals surface area contributed by atoms with Gasteiger partial charge in [-0.25, -0.2) is 13.4 Å². The quantitative estimate of drug-likeness (QED) is 0.599. The number of hydrogen-bond acceptors (Lipinski definition) is 6. The zero-order valence-electron chi connectivity index (χ0n) is 16.1. The molecular formula is C21H22N2O4S2. The van der Waals surface area contributed by atoms with Crippen LogP contribution >= 0.6 is 11.3 Å². The predicted molar refractivity (Wildman–Crippen MR) is 114 cm³/mol. The van der Waals surface area contributed by atoms with Crippen LogP contribution in [0, 0.1) is 0 Å². The Labute approximate surface area is 174 Å². The number of carbonyl (C=O) groups is 1. The van der Waals surface area contributed by atoms with Crippen molar-refractivity contribution >= 4 is 42.4 Å². The first-order chi connectivity index (χ1) is 13.9. The topological polar surface area (TPSA) is 76.6 Å². The van der Waals surface area contributed by atoms with Crippen molar-refractivity contribution in [3.05, 3.63) is 54.1 Å². The summed E-state index contributed by atoms with van der Waals surface area (Å²) in [5.74, 6) is -0.0471. The van der Waals surface area contributed by atoms with Gasteiger partial charge in [0.15, 0.2) is 15.0 Å². The third kappa shape index (κ3) is 4.66. The van der Waals surface area contributed by atoms with Gasteiger partial charge in [0.2, 0.25) is 5.91 Å². The van der Waals surface area contributed by atoms with E-state index in [0.717, 1.165) is 23.1 Å². The summed E-state index contributed by atoms with van der Waals surface area (Å²) < 4.78 is 30.2. The lowest BCUT2D eigenvalue weighted by molar-refractivity contribution is -0.118. The number of aromatic nitrogens is 1. The maximum absolute atomic E-state index is 13.1. The number of fused-ring (bicyclic) bond motifs is 1. The number of sulfone groups is 1. The highest BCUT2D eigenvalue weighted by Crippen LogP contribution is 2.32.